The van der Waals surface area contributed by atoms with E-state index in [1.54, 1.807) is 18.0 Å². The molecule has 0 bridgehead atoms. The summed E-state index contributed by atoms with van der Waals surface area (Å²) in [6.07, 6.45) is 0.579. The quantitative estimate of drug-likeness (QED) is 0.800. The van der Waals surface area contributed by atoms with E-state index in [2.05, 4.69) is 10.6 Å². The number of halogens is 1. The number of rotatable bonds is 4. The van der Waals surface area contributed by atoms with Crippen LogP contribution in [0.25, 0.3) is 0 Å². The van der Waals surface area contributed by atoms with Crippen molar-refractivity contribution >= 4 is 17.5 Å². The molecule has 2 amide bonds. The third-order valence-electron chi connectivity index (χ3n) is 3.36. The molecule has 0 aliphatic carbocycles. The van der Waals surface area contributed by atoms with E-state index in [9.17, 15) is 14.0 Å². The second kappa shape index (κ2) is 6.00. The number of nitrogens with one attached hydrogen (secondary N) is 2. The van der Waals surface area contributed by atoms with Crippen LogP contribution in [0.15, 0.2) is 18.2 Å². The second-order valence-corrected chi connectivity index (χ2v) is 4.77. The summed E-state index contributed by atoms with van der Waals surface area (Å²) in [4.78, 5) is 25.2. The molecule has 1 fully saturated rings. The van der Waals surface area contributed by atoms with Gasteiger partial charge in [0.25, 0.3) is 0 Å². The molecule has 1 aromatic carbocycles. The number of nitrogens with zero attached hydrogens (tertiary/aromatic N) is 1. The number of amides is 2. The van der Waals surface area contributed by atoms with Crippen molar-refractivity contribution in [3.05, 3.63) is 29.6 Å². The highest BCUT2D eigenvalue weighted by atomic mass is 19.1. The maximum absolute atomic E-state index is 13.4. The number of carbonyl (C=O) groups is 2. The van der Waals surface area contributed by atoms with Crippen LogP contribution in [0.5, 0.6) is 0 Å². The average Bonchev–Trinajstić information content (AvgIpc) is 2.38. The summed E-state index contributed by atoms with van der Waals surface area (Å²) in [5.41, 5.74) is 1.45. The minimum Gasteiger partial charge on any atom is -0.350 e. The Balaban J connectivity index is 2.41. The summed E-state index contributed by atoms with van der Waals surface area (Å²) in [6.45, 7) is 2.46. The van der Waals surface area contributed by atoms with Crippen LogP contribution in [-0.2, 0) is 16.1 Å². The first-order valence-electron chi connectivity index (χ1n) is 6.60. The highest BCUT2D eigenvalue weighted by Crippen LogP contribution is 2.26. The maximum Gasteiger partial charge on any atom is 0.249 e. The van der Waals surface area contributed by atoms with Crippen molar-refractivity contribution in [2.24, 2.45) is 0 Å². The number of imide groups is 1. The van der Waals surface area contributed by atoms with Gasteiger partial charge in [0.15, 0.2) is 0 Å². The van der Waals surface area contributed by atoms with E-state index in [0.717, 1.165) is 11.3 Å². The molecular weight excluding hydrogens is 261 g/mol. The molecule has 0 saturated carbocycles. The lowest BCUT2D eigenvalue weighted by Crippen LogP contribution is -2.58. The van der Waals surface area contributed by atoms with Gasteiger partial charge in [-0.3, -0.25) is 14.9 Å². The van der Waals surface area contributed by atoms with E-state index < -0.39 is 6.04 Å². The molecule has 5 nitrogen and oxygen atoms in total. The van der Waals surface area contributed by atoms with Gasteiger partial charge >= 0.3 is 0 Å². The Morgan fingerprint density at radius 2 is 2.20 bits per heavy atom. The lowest BCUT2D eigenvalue weighted by atomic mass is 10.0. The van der Waals surface area contributed by atoms with Crippen molar-refractivity contribution in [1.82, 2.24) is 10.6 Å². The summed E-state index contributed by atoms with van der Waals surface area (Å²) >= 11 is 0. The summed E-state index contributed by atoms with van der Waals surface area (Å²) < 4.78 is 13.4. The summed E-state index contributed by atoms with van der Waals surface area (Å²) in [5.74, 6) is -0.970. The molecule has 0 aromatic heterocycles. The SMILES string of the molecule is CCC1C(=O)NC(=O)CN1c1ccc(F)cc1CNC. The third kappa shape index (κ3) is 2.80. The fourth-order valence-corrected chi connectivity index (χ4v) is 2.49. The van der Waals surface area contributed by atoms with Crippen molar-refractivity contribution in [3.8, 4) is 0 Å². The average molecular weight is 279 g/mol. The first-order chi connectivity index (χ1) is 9.56. The van der Waals surface area contributed by atoms with Crippen molar-refractivity contribution in [3.63, 3.8) is 0 Å². The molecule has 6 heteroatoms. The van der Waals surface area contributed by atoms with Gasteiger partial charge in [0, 0.05) is 12.2 Å². The van der Waals surface area contributed by atoms with Gasteiger partial charge in [0.05, 0.1) is 6.54 Å². The van der Waals surface area contributed by atoms with E-state index in [0.29, 0.717) is 13.0 Å². The molecular formula is C14H18FN3O2. The van der Waals surface area contributed by atoms with Crippen molar-refractivity contribution in [2.75, 3.05) is 18.5 Å². The molecule has 1 atom stereocenters. The lowest BCUT2D eigenvalue weighted by molar-refractivity contribution is -0.132. The number of carbonyl (C=O) groups excluding carboxylic acids is 2. The summed E-state index contributed by atoms with van der Waals surface area (Å²) in [7, 11) is 1.76. The van der Waals surface area contributed by atoms with Crippen LogP contribution in [0.2, 0.25) is 0 Å². The molecule has 2 N–H and O–H groups in total. The van der Waals surface area contributed by atoms with E-state index in [4.69, 9.17) is 0 Å². The number of hydrogen-bond acceptors (Lipinski definition) is 4. The fourth-order valence-electron chi connectivity index (χ4n) is 2.49. The minimum atomic E-state index is -0.409. The molecule has 1 heterocycles. The molecule has 1 aliphatic rings. The molecule has 0 radical (unpaired) electrons. The van der Waals surface area contributed by atoms with Gasteiger partial charge in [-0.15, -0.1) is 0 Å². The number of anilines is 1. The Morgan fingerprint density at radius 3 is 2.85 bits per heavy atom. The third-order valence-corrected chi connectivity index (χ3v) is 3.36. The number of hydrogen-bond donors (Lipinski definition) is 2. The van der Waals surface area contributed by atoms with Crippen molar-refractivity contribution in [2.45, 2.75) is 25.9 Å². The highest BCUT2D eigenvalue weighted by Gasteiger charge is 2.33. The van der Waals surface area contributed by atoms with Gasteiger partial charge < -0.3 is 10.2 Å². The first kappa shape index (κ1) is 14.5. The number of benzene rings is 1. The van der Waals surface area contributed by atoms with Crippen LogP contribution >= 0.6 is 0 Å². The first-order valence-corrected chi connectivity index (χ1v) is 6.60. The van der Waals surface area contributed by atoms with E-state index in [1.165, 1.54) is 12.1 Å². The second-order valence-electron chi connectivity index (χ2n) is 4.77. The Hall–Kier alpha value is -1.95. The zero-order valence-electron chi connectivity index (χ0n) is 11.6. The van der Waals surface area contributed by atoms with Crippen LogP contribution < -0.4 is 15.5 Å². The van der Waals surface area contributed by atoms with Gasteiger partial charge in [0.1, 0.15) is 11.9 Å². The summed E-state index contributed by atoms with van der Waals surface area (Å²) in [5, 5.41) is 5.30. The topological polar surface area (TPSA) is 61.4 Å². The predicted octanol–water partition coefficient (Wildman–Crippen LogP) is 0.786. The molecule has 0 spiro atoms. The van der Waals surface area contributed by atoms with Gasteiger partial charge in [-0.05, 0) is 37.2 Å². The molecule has 108 valence electrons. The monoisotopic (exact) mass is 279 g/mol. The van der Waals surface area contributed by atoms with Gasteiger partial charge in [-0.25, -0.2) is 4.39 Å². The Kier molecular flexibility index (Phi) is 4.34. The highest BCUT2D eigenvalue weighted by molar-refractivity contribution is 6.04. The number of piperazine rings is 1. The van der Waals surface area contributed by atoms with Gasteiger partial charge in [-0.1, -0.05) is 6.92 Å². The fraction of sp³-hybridized carbons (Fsp3) is 0.429. The maximum atomic E-state index is 13.4. The minimum absolute atomic E-state index is 0.104. The smallest absolute Gasteiger partial charge is 0.249 e. The molecule has 1 saturated heterocycles. The largest absolute Gasteiger partial charge is 0.350 e. The Morgan fingerprint density at radius 1 is 1.45 bits per heavy atom. The van der Waals surface area contributed by atoms with E-state index >= 15 is 0 Å². The molecule has 2 rings (SSSR count). The predicted molar refractivity (Wildman–Crippen MR) is 73.7 cm³/mol. The zero-order valence-corrected chi connectivity index (χ0v) is 11.6. The van der Waals surface area contributed by atoms with E-state index in [-0.39, 0.29) is 24.2 Å². The van der Waals surface area contributed by atoms with Crippen LogP contribution in [0, 0.1) is 5.82 Å². The Bertz CT molecular complexity index is 533. The van der Waals surface area contributed by atoms with Crippen molar-refractivity contribution in [1.29, 1.82) is 0 Å². The van der Waals surface area contributed by atoms with Gasteiger partial charge in [0.2, 0.25) is 11.8 Å². The van der Waals surface area contributed by atoms with Crippen LogP contribution in [0.3, 0.4) is 0 Å². The Labute approximate surface area is 117 Å². The van der Waals surface area contributed by atoms with Crippen LogP contribution in [0.4, 0.5) is 10.1 Å². The molecule has 1 aliphatic heterocycles. The van der Waals surface area contributed by atoms with Gasteiger partial charge in [-0.2, -0.15) is 0 Å². The van der Waals surface area contributed by atoms with E-state index in [1.807, 2.05) is 6.92 Å². The lowest BCUT2D eigenvalue weighted by Gasteiger charge is -2.36. The molecule has 1 aromatic rings. The molecule has 20 heavy (non-hydrogen) atoms. The van der Waals surface area contributed by atoms with Crippen molar-refractivity contribution < 1.29 is 14.0 Å². The molecule has 1 unspecified atom stereocenters. The standard InChI is InChI=1S/C14H18FN3O2/c1-3-11-14(20)17-13(19)8-18(11)12-5-4-10(15)6-9(12)7-16-2/h4-6,11,16H,3,7-8H2,1-2H3,(H,17,19,20). The zero-order chi connectivity index (χ0) is 14.7. The van der Waals surface area contributed by atoms with Crippen LogP contribution in [-0.4, -0.2) is 31.4 Å². The summed E-state index contributed by atoms with van der Waals surface area (Å²) in [6, 6.07) is 3.98. The normalized spacial score (nSPS) is 19.1. The van der Waals surface area contributed by atoms with Crippen LogP contribution in [0.1, 0.15) is 18.9 Å².